The molecule has 2 aromatic carbocycles. The van der Waals surface area contributed by atoms with Gasteiger partial charge in [-0.15, -0.1) is 10.2 Å². The van der Waals surface area contributed by atoms with Crippen LogP contribution in [-0.4, -0.2) is 25.7 Å². The van der Waals surface area contributed by atoms with Crippen molar-refractivity contribution in [2.45, 2.75) is 0 Å². The summed E-state index contributed by atoms with van der Waals surface area (Å²) in [6.07, 6.45) is 1.53. The number of H-pyrrole nitrogens is 1. The first kappa shape index (κ1) is 14.3. The first-order valence-corrected chi connectivity index (χ1v) is 6.76. The second-order valence-corrected chi connectivity index (χ2v) is 4.68. The van der Waals surface area contributed by atoms with Gasteiger partial charge in [-0.3, -0.25) is 0 Å². The van der Waals surface area contributed by atoms with Crippen LogP contribution in [0.2, 0.25) is 0 Å². The number of hydrogen-bond acceptors (Lipinski definition) is 6. The number of aromatic amines is 1. The maximum Gasteiger partial charge on any atom is 0.216 e. The van der Waals surface area contributed by atoms with E-state index in [9.17, 15) is 5.11 Å². The van der Waals surface area contributed by atoms with E-state index in [1.807, 2.05) is 42.5 Å². The number of anilines is 1. The van der Waals surface area contributed by atoms with Crippen LogP contribution >= 0.6 is 0 Å². The second kappa shape index (κ2) is 6.41. The normalized spacial score (nSPS) is 11.0. The van der Waals surface area contributed by atoms with Crippen molar-refractivity contribution in [3.05, 3.63) is 60.6 Å². The lowest BCUT2D eigenvalue weighted by molar-refractivity contribution is 0.475. The van der Waals surface area contributed by atoms with Gasteiger partial charge < -0.3 is 10.4 Å². The van der Waals surface area contributed by atoms with Crippen LogP contribution in [0, 0.1) is 11.3 Å². The number of aromatic hydroxyl groups is 1. The maximum absolute atomic E-state index is 9.35. The summed E-state index contributed by atoms with van der Waals surface area (Å²) < 4.78 is 0. The van der Waals surface area contributed by atoms with Crippen LogP contribution in [0.15, 0.2) is 54.7 Å². The number of hydrogen-bond donors (Lipinski definition) is 3. The summed E-state index contributed by atoms with van der Waals surface area (Å²) in [4.78, 5) is 0. The number of aromatic nitrogens is 4. The van der Waals surface area contributed by atoms with Crippen LogP contribution < -0.4 is 5.32 Å². The van der Waals surface area contributed by atoms with E-state index in [-0.39, 0.29) is 17.1 Å². The van der Waals surface area contributed by atoms with Crippen LogP contribution in [0.3, 0.4) is 0 Å². The average Bonchev–Trinajstić information content (AvgIpc) is 3.11. The van der Waals surface area contributed by atoms with Gasteiger partial charge in [-0.2, -0.15) is 10.5 Å². The van der Waals surface area contributed by atoms with Crippen LogP contribution in [0.5, 0.6) is 5.75 Å². The van der Waals surface area contributed by atoms with E-state index in [2.05, 4.69) is 25.9 Å². The second-order valence-electron chi connectivity index (χ2n) is 4.68. The van der Waals surface area contributed by atoms with E-state index in [4.69, 9.17) is 5.26 Å². The predicted molar refractivity (Wildman–Crippen MR) is 84.9 cm³/mol. The Labute approximate surface area is 131 Å². The fourth-order valence-electron chi connectivity index (χ4n) is 2.02. The maximum atomic E-state index is 9.35. The van der Waals surface area contributed by atoms with Gasteiger partial charge in [0.25, 0.3) is 0 Å². The summed E-state index contributed by atoms with van der Waals surface area (Å²) in [7, 11) is 0. The van der Waals surface area contributed by atoms with Gasteiger partial charge in [-0.05, 0) is 40.6 Å². The molecule has 0 atom stereocenters. The minimum atomic E-state index is 0.227. The van der Waals surface area contributed by atoms with Crippen molar-refractivity contribution in [1.82, 2.24) is 20.6 Å². The Morgan fingerprint density at radius 3 is 2.70 bits per heavy atom. The van der Waals surface area contributed by atoms with Crippen LogP contribution in [0.4, 0.5) is 5.69 Å². The first-order valence-electron chi connectivity index (χ1n) is 6.76. The summed E-state index contributed by atoms with van der Waals surface area (Å²) in [6, 6.07) is 16.6. The van der Waals surface area contributed by atoms with Gasteiger partial charge in [0.05, 0.1) is 0 Å². The lowest BCUT2D eigenvalue weighted by atomic mass is 10.1. The van der Waals surface area contributed by atoms with Crippen molar-refractivity contribution in [1.29, 1.82) is 5.26 Å². The molecule has 0 radical (unpaired) electrons. The molecule has 0 spiro atoms. The molecule has 1 heterocycles. The highest BCUT2D eigenvalue weighted by Gasteiger charge is 2.05. The summed E-state index contributed by atoms with van der Waals surface area (Å²) in [6.45, 7) is 0. The molecule has 1 aromatic heterocycles. The molecule has 3 rings (SSSR count). The van der Waals surface area contributed by atoms with E-state index in [1.54, 1.807) is 12.1 Å². The Bertz CT molecular complexity index is 862. The molecule has 3 aromatic rings. The highest BCUT2D eigenvalue weighted by atomic mass is 16.3. The van der Waals surface area contributed by atoms with Crippen molar-refractivity contribution in [3.8, 4) is 22.9 Å². The third-order valence-electron chi connectivity index (χ3n) is 3.15. The van der Waals surface area contributed by atoms with Crippen molar-refractivity contribution < 1.29 is 5.11 Å². The number of allylic oxidation sites excluding steroid dienone is 1. The number of benzene rings is 2. The zero-order valence-corrected chi connectivity index (χ0v) is 11.9. The molecule has 0 saturated heterocycles. The molecule has 0 fully saturated rings. The Balaban J connectivity index is 1.83. The summed E-state index contributed by atoms with van der Waals surface area (Å²) in [5, 5.41) is 34.8. The van der Waals surface area contributed by atoms with E-state index in [0.717, 1.165) is 16.8 Å². The molecule has 0 aliphatic carbocycles. The average molecular weight is 304 g/mol. The summed E-state index contributed by atoms with van der Waals surface area (Å²) in [5.41, 5.74) is 3.05. The molecule has 0 aliphatic rings. The van der Waals surface area contributed by atoms with E-state index >= 15 is 0 Å². The molecular formula is C16H12N6O. The van der Waals surface area contributed by atoms with Crippen molar-refractivity contribution >= 4 is 11.3 Å². The summed E-state index contributed by atoms with van der Waals surface area (Å²) >= 11 is 0. The fraction of sp³-hybridized carbons (Fsp3) is 0. The Morgan fingerprint density at radius 2 is 2.00 bits per heavy atom. The lowest BCUT2D eigenvalue weighted by Crippen LogP contribution is -1.93. The Morgan fingerprint density at radius 1 is 1.17 bits per heavy atom. The number of nitrogens with zero attached hydrogens (tertiary/aromatic N) is 4. The van der Waals surface area contributed by atoms with Gasteiger partial charge in [0.15, 0.2) is 0 Å². The van der Waals surface area contributed by atoms with Gasteiger partial charge in [0.2, 0.25) is 5.82 Å². The molecule has 0 unspecified atom stereocenters. The zero-order chi connectivity index (χ0) is 16.1. The molecule has 3 N–H and O–H groups in total. The van der Waals surface area contributed by atoms with Crippen LogP contribution in [0.1, 0.15) is 5.82 Å². The third-order valence-corrected chi connectivity index (χ3v) is 3.15. The number of nitrogens with one attached hydrogen (secondary N) is 2. The van der Waals surface area contributed by atoms with E-state index in [0.29, 0.717) is 0 Å². The highest BCUT2D eigenvalue weighted by molar-refractivity contribution is 5.75. The molecule has 7 heteroatoms. The Hall–Kier alpha value is -3.66. The topological polar surface area (TPSA) is 111 Å². The molecule has 23 heavy (non-hydrogen) atoms. The smallest absolute Gasteiger partial charge is 0.216 e. The fourth-order valence-corrected chi connectivity index (χ4v) is 2.02. The summed E-state index contributed by atoms with van der Waals surface area (Å²) in [5.74, 6) is 0.458. The molecule has 0 bridgehead atoms. The largest absolute Gasteiger partial charge is 0.508 e. The standard InChI is InChI=1S/C16H12N6O/c17-9-13(16-19-21-22-20-16)10-18-14-3-1-2-12(8-14)11-4-6-15(23)7-5-11/h1-8,10,18,23H,(H,19,20,21,22). The van der Waals surface area contributed by atoms with Gasteiger partial charge in [-0.1, -0.05) is 24.3 Å². The minimum Gasteiger partial charge on any atom is -0.508 e. The molecular weight excluding hydrogens is 292 g/mol. The Kier molecular flexibility index (Phi) is 3.98. The SMILES string of the molecule is N#CC(=CNc1cccc(-c2ccc(O)cc2)c1)c1nn[nH]n1. The third kappa shape index (κ3) is 3.33. The first-order chi connectivity index (χ1) is 11.3. The zero-order valence-electron chi connectivity index (χ0n) is 11.9. The monoisotopic (exact) mass is 304 g/mol. The van der Waals surface area contributed by atoms with Gasteiger partial charge in [0.1, 0.15) is 17.4 Å². The molecule has 0 aliphatic heterocycles. The highest BCUT2D eigenvalue weighted by Crippen LogP contribution is 2.24. The number of phenols is 1. The van der Waals surface area contributed by atoms with Gasteiger partial charge in [0, 0.05) is 11.9 Å². The lowest BCUT2D eigenvalue weighted by Gasteiger charge is -2.06. The van der Waals surface area contributed by atoms with Crippen molar-refractivity contribution in [3.63, 3.8) is 0 Å². The molecule has 0 amide bonds. The van der Waals surface area contributed by atoms with Gasteiger partial charge >= 0.3 is 0 Å². The van der Waals surface area contributed by atoms with Crippen LogP contribution in [0.25, 0.3) is 16.7 Å². The van der Waals surface area contributed by atoms with Crippen LogP contribution in [-0.2, 0) is 0 Å². The number of phenolic OH excluding ortho intramolecular Hbond substituents is 1. The number of tetrazole rings is 1. The van der Waals surface area contributed by atoms with Crippen molar-refractivity contribution in [2.75, 3.05) is 5.32 Å². The van der Waals surface area contributed by atoms with Gasteiger partial charge in [-0.25, -0.2) is 0 Å². The number of nitriles is 1. The quantitative estimate of drug-likeness (QED) is 0.639. The van der Waals surface area contributed by atoms with Crippen molar-refractivity contribution in [2.24, 2.45) is 0 Å². The van der Waals surface area contributed by atoms with E-state index < -0.39 is 0 Å². The molecule has 0 saturated carbocycles. The minimum absolute atomic E-state index is 0.227. The predicted octanol–water partition coefficient (Wildman–Crippen LogP) is 2.55. The molecule has 112 valence electrons. The molecule has 7 nitrogen and oxygen atoms in total. The van der Waals surface area contributed by atoms with E-state index in [1.165, 1.54) is 6.20 Å². The number of rotatable bonds is 4.